The van der Waals surface area contributed by atoms with Gasteiger partial charge in [-0.25, -0.2) is 4.98 Å². The number of hydrogen-bond donors (Lipinski definition) is 0. The van der Waals surface area contributed by atoms with Gasteiger partial charge in [-0.2, -0.15) is 13.2 Å². The van der Waals surface area contributed by atoms with E-state index in [9.17, 15) is 22.8 Å². The number of halogens is 3. The smallest absolute Gasteiger partial charge is 0.338 e. The van der Waals surface area contributed by atoms with Crippen molar-refractivity contribution in [2.75, 3.05) is 12.3 Å². The Morgan fingerprint density at radius 1 is 0.947 bits per heavy atom. The number of hydrogen-bond acceptors (Lipinski definition) is 4. The first kappa shape index (κ1) is 26.0. The molecule has 1 aromatic heterocycles. The number of fused-ring (bicyclic) bond motifs is 2. The highest BCUT2D eigenvalue weighted by atomic mass is 32.2. The number of amides is 1. The lowest BCUT2D eigenvalue weighted by atomic mass is 9.99. The van der Waals surface area contributed by atoms with Crippen molar-refractivity contribution in [2.45, 2.75) is 43.6 Å². The minimum Gasteiger partial charge on any atom is -0.338 e. The van der Waals surface area contributed by atoms with Crippen LogP contribution < -0.4 is 5.56 Å². The topological polar surface area (TPSA) is 55.2 Å². The lowest BCUT2D eigenvalue weighted by molar-refractivity contribution is -0.137. The second kappa shape index (κ2) is 11.0. The molecule has 1 amide bonds. The zero-order chi connectivity index (χ0) is 26.7. The number of benzene rings is 3. The number of alkyl halides is 3. The minimum absolute atomic E-state index is 0.117. The highest BCUT2D eigenvalue weighted by molar-refractivity contribution is 7.99. The van der Waals surface area contributed by atoms with Crippen LogP contribution in [0.15, 0.2) is 82.7 Å². The fourth-order valence-electron chi connectivity index (χ4n) is 4.67. The molecule has 1 aliphatic heterocycles. The fourth-order valence-corrected chi connectivity index (χ4v) is 5.68. The molecule has 0 radical (unpaired) electrons. The summed E-state index contributed by atoms with van der Waals surface area (Å²) in [6, 6.07) is 19.7. The maximum absolute atomic E-state index is 13.4. The number of para-hydroxylation sites is 1. The Bertz CT molecular complexity index is 1530. The molecule has 4 aromatic rings. The van der Waals surface area contributed by atoms with Crippen LogP contribution >= 0.6 is 11.8 Å². The molecule has 0 aliphatic carbocycles. The number of carbonyl (C=O) groups is 1. The van der Waals surface area contributed by atoms with E-state index in [4.69, 9.17) is 0 Å². The van der Waals surface area contributed by atoms with E-state index in [1.165, 1.54) is 39.6 Å². The van der Waals surface area contributed by atoms with Crippen LogP contribution in [0.5, 0.6) is 0 Å². The van der Waals surface area contributed by atoms with Gasteiger partial charge in [0.05, 0.1) is 22.2 Å². The lowest BCUT2D eigenvalue weighted by Crippen LogP contribution is -2.35. The number of rotatable bonds is 7. The van der Waals surface area contributed by atoms with E-state index in [1.807, 2.05) is 17.0 Å². The largest absolute Gasteiger partial charge is 0.416 e. The molecule has 0 atom stereocenters. The van der Waals surface area contributed by atoms with Gasteiger partial charge in [0.15, 0.2) is 5.16 Å². The van der Waals surface area contributed by atoms with Crippen LogP contribution in [0.3, 0.4) is 0 Å². The standard InChI is InChI=1S/C29H26F3N3O2S/c30-29(31,32)22-10-7-11-23(18-22)35-27(37)24-12-3-4-13-25(24)33-28(35)38-17-6-5-14-26(36)34-16-15-20-8-1-2-9-21(20)19-34/h1-4,7-13,18H,5-6,14-17,19H2. The number of carbonyl (C=O) groups excluding carboxylic acids is 1. The van der Waals surface area contributed by atoms with Crippen molar-refractivity contribution in [1.29, 1.82) is 0 Å². The summed E-state index contributed by atoms with van der Waals surface area (Å²) in [4.78, 5) is 32.6. The summed E-state index contributed by atoms with van der Waals surface area (Å²) in [5, 5.41) is 0.662. The van der Waals surface area contributed by atoms with Gasteiger partial charge in [-0.15, -0.1) is 0 Å². The van der Waals surface area contributed by atoms with Crippen molar-refractivity contribution in [3.63, 3.8) is 0 Å². The van der Waals surface area contributed by atoms with E-state index in [2.05, 4.69) is 17.1 Å². The van der Waals surface area contributed by atoms with Gasteiger partial charge < -0.3 is 4.90 Å². The van der Waals surface area contributed by atoms with Gasteiger partial charge in [0.2, 0.25) is 5.91 Å². The summed E-state index contributed by atoms with van der Waals surface area (Å²) in [7, 11) is 0. The summed E-state index contributed by atoms with van der Waals surface area (Å²) in [5.41, 5.74) is 1.85. The van der Waals surface area contributed by atoms with E-state index >= 15 is 0 Å². The molecule has 0 unspecified atom stereocenters. The molecule has 38 heavy (non-hydrogen) atoms. The lowest BCUT2D eigenvalue weighted by Gasteiger charge is -2.29. The molecule has 0 saturated heterocycles. The number of nitrogens with zero attached hydrogens (tertiary/aromatic N) is 3. The molecular weight excluding hydrogens is 511 g/mol. The maximum atomic E-state index is 13.4. The van der Waals surface area contributed by atoms with E-state index in [0.29, 0.717) is 47.6 Å². The van der Waals surface area contributed by atoms with Crippen LogP contribution in [0.2, 0.25) is 0 Å². The zero-order valence-corrected chi connectivity index (χ0v) is 21.4. The van der Waals surface area contributed by atoms with Crippen LogP contribution in [0, 0.1) is 0 Å². The van der Waals surface area contributed by atoms with Gasteiger partial charge in [-0.1, -0.05) is 54.2 Å². The third-order valence-electron chi connectivity index (χ3n) is 6.68. The van der Waals surface area contributed by atoms with Crippen molar-refractivity contribution in [3.05, 3.63) is 99.8 Å². The molecule has 0 saturated carbocycles. The molecular formula is C29H26F3N3O2S. The Hall–Kier alpha value is -3.59. The van der Waals surface area contributed by atoms with Crippen LogP contribution in [0.25, 0.3) is 16.6 Å². The normalized spacial score (nSPS) is 13.5. The average molecular weight is 538 g/mol. The third-order valence-corrected chi connectivity index (χ3v) is 7.70. The van der Waals surface area contributed by atoms with E-state index < -0.39 is 17.3 Å². The number of aromatic nitrogens is 2. The van der Waals surface area contributed by atoms with Gasteiger partial charge in [-0.3, -0.25) is 14.2 Å². The van der Waals surface area contributed by atoms with E-state index in [-0.39, 0.29) is 11.6 Å². The quantitative estimate of drug-likeness (QED) is 0.159. The van der Waals surface area contributed by atoms with Crippen LogP contribution in [-0.2, 0) is 23.9 Å². The summed E-state index contributed by atoms with van der Waals surface area (Å²) >= 11 is 1.31. The molecule has 0 spiro atoms. The van der Waals surface area contributed by atoms with Crippen molar-refractivity contribution in [2.24, 2.45) is 0 Å². The summed E-state index contributed by atoms with van der Waals surface area (Å²) in [6.45, 7) is 1.35. The number of thioether (sulfide) groups is 1. The van der Waals surface area contributed by atoms with Gasteiger partial charge in [0, 0.05) is 25.3 Å². The highest BCUT2D eigenvalue weighted by Gasteiger charge is 2.31. The predicted molar refractivity (Wildman–Crippen MR) is 142 cm³/mol. The number of unbranched alkanes of at least 4 members (excludes halogenated alkanes) is 1. The molecule has 3 aromatic carbocycles. The molecule has 9 heteroatoms. The van der Waals surface area contributed by atoms with Crippen molar-refractivity contribution < 1.29 is 18.0 Å². The Labute approximate surface area is 222 Å². The Morgan fingerprint density at radius 3 is 2.53 bits per heavy atom. The summed E-state index contributed by atoms with van der Waals surface area (Å²) in [5.74, 6) is 0.689. The molecule has 2 heterocycles. The van der Waals surface area contributed by atoms with Crippen molar-refractivity contribution in [3.8, 4) is 5.69 Å². The molecule has 0 fully saturated rings. The maximum Gasteiger partial charge on any atom is 0.416 e. The molecule has 5 rings (SSSR count). The highest BCUT2D eigenvalue weighted by Crippen LogP contribution is 2.31. The Morgan fingerprint density at radius 2 is 1.71 bits per heavy atom. The van der Waals surface area contributed by atoms with Crippen LogP contribution in [-0.4, -0.2) is 32.7 Å². The van der Waals surface area contributed by atoms with Gasteiger partial charge in [0.25, 0.3) is 5.56 Å². The zero-order valence-electron chi connectivity index (χ0n) is 20.6. The molecule has 1 aliphatic rings. The SMILES string of the molecule is O=C(CCCCSc1nc2ccccc2c(=O)n1-c1cccc(C(F)(F)F)c1)N1CCc2ccccc2C1. The van der Waals surface area contributed by atoms with Crippen molar-refractivity contribution in [1.82, 2.24) is 14.5 Å². The third kappa shape index (κ3) is 5.62. The Balaban J connectivity index is 1.28. The van der Waals surface area contributed by atoms with E-state index in [1.54, 1.807) is 24.3 Å². The second-order valence-corrected chi connectivity index (χ2v) is 10.3. The minimum atomic E-state index is -4.53. The molecule has 0 N–H and O–H groups in total. The summed E-state index contributed by atoms with van der Waals surface area (Å²) in [6.07, 6.45) is -1.87. The van der Waals surface area contributed by atoms with E-state index in [0.717, 1.165) is 25.1 Å². The second-order valence-electron chi connectivity index (χ2n) is 9.24. The first-order chi connectivity index (χ1) is 18.3. The Kier molecular flexibility index (Phi) is 7.56. The van der Waals surface area contributed by atoms with Gasteiger partial charge in [0.1, 0.15) is 0 Å². The van der Waals surface area contributed by atoms with Crippen molar-refractivity contribution >= 4 is 28.6 Å². The van der Waals surface area contributed by atoms with Crippen LogP contribution in [0.4, 0.5) is 13.2 Å². The van der Waals surface area contributed by atoms with Gasteiger partial charge in [-0.05, 0) is 60.7 Å². The first-order valence-electron chi connectivity index (χ1n) is 12.5. The summed E-state index contributed by atoms with van der Waals surface area (Å²) < 4.78 is 41.3. The molecule has 196 valence electrons. The van der Waals surface area contributed by atoms with Gasteiger partial charge >= 0.3 is 6.18 Å². The molecule has 0 bridgehead atoms. The molecule has 5 nitrogen and oxygen atoms in total. The van der Waals surface area contributed by atoms with Crippen LogP contribution in [0.1, 0.15) is 36.0 Å². The fraction of sp³-hybridized carbons (Fsp3) is 0.276. The monoisotopic (exact) mass is 537 g/mol. The first-order valence-corrected chi connectivity index (χ1v) is 13.5. The average Bonchev–Trinajstić information content (AvgIpc) is 2.92. The predicted octanol–water partition coefficient (Wildman–Crippen LogP) is 6.25.